The fourth-order valence-corrected chi connectivity index (χ4v) is 3.48. The molecule has 0 bridgehead atoms. The first-order chi connectivity index (χ1) is 9.44. The maximum absolute atomic E-state index is 12.6. The van der Waals surface area contributed by atoms with Crippen LogP contribution in [0.2, 0.25) is 0 Å². The number of ether oxygens (including phenoxy) is 1. The predicted molar refractivity (Wildman–Crippen MR) is 81.9 cm³/mol. The van der Waals surface area contributed by atoms with E-state index < -0.39 is 0 Å². The van der Waals surface area contributed by atoms with E-state index in [2.05, 4.69) is 26.1 Å². The van der Waals surface area contributed by atoms with E-state index in [0.717, 1.165) is 24.3 Å². The van der Waals surface area contributed by atoms with Crippen molar-refractivity contribution in [3.05, 3.63) is 24.3 Å². The van der Waals surface area contributed by atoms with Crippen molar-refractivity contribution in [3.63, 3.8) is 0 Å². The van der Waals surface area contributed by atoms with Crippen molar-refractivity contribution in [1.82, 2.24) is 0 Å². The van der Waals surface area contributed by atoms with Crippen LogP contribution in [0.5, 0.6) is 5.75 Å². The fraction of sp³-hybridized carbons (Fsp3) is 0.588. The molecular weight excluding hydrogens is 250 g/mol. The minimum absolute atomic E-state index is 0.0776. The Morgan fingerprint density at radius 3 is 2.50 bits per heavy atom. The molecule has 1 fully saturated rings. The highest BCUT2D eigenvalue weighted by molar-refractivity contribution is 5.93. The van der Waals surface area contributed by atoms with E-state index in [1.165, 1.54) is 6.42 Å². The zero-order chi connectivity index (χ0) is 14.8. The Bertz CT molecular complexity index is 464. The van der Waals surface area contributed by atoms with Crippen LogP contribution in [0.3, 0.4) is 0 Å². The molecule has 0 unspecified atom stereocenters. The minimum atomic E-state index is 0.0776. The minimum Gasteiger partial charge on any atom is -0.497 e. The topological polar surface area (TPSA) is 38.3 Å². The first-order valence-electron chi connectivity index (χ1n) is 7.39. The van der Waals surface area contributed by atoms with Crippen LogP contribution in [0.4, 0.5) is 5.69 Å². The van der Waals surface area contributed by atoms with E-state index in [1.54, 1.807) is 7.11 Å². The van der Waals surface area contributed by atoms with Crippen LogP contribution in [0.15, 0.2) is 24.3 Å². The Morgan fingerprint density at radius 2 is 1.95 bits per heavy atom. The highest BCUT2D eigenvalue weighted by atomic mass is 16.5. The third-order valence-electron chi connectivity index (χ3n) is 4.53. The van der Waals surface area contributed by atoms with E-state index in [9.17, 15) is 4.79 Å². The molecule has 2 atom stereocenters. The molecule has 0 spiro atoms. The lowest BCUT2D eigenvalue weighted by Crippen LogP contribution is -2.42. The highest BCUT2D eigenvalue weighted by Crippen LogP contribution is 2.44. The number of benzene rings is 1. The molecule has 3 nitrogen and oxygen atoms in total. The summed E-state index contributed by atoms with van der Waals surface area (Å²) in [5.74, 6) is 1.47. The normalized spacial score (nSPS) is 25.0. The van der Waals surface area contributed by atoms with Crippen LogP contribution >= 0.6 is 0 Å². The second kappa shape index (κ2) is 5.86. The number of carbonyl (C=O) groups excluding carboxylic acids is 1. The monoisotopic (exact) mass is 275 g/mol. The number of carbonyl (C=O) groups is 1. The van der Waals surface area contributed by atoms with Gasteiger partial charge in [-0.05, 0) is 48.4 Å². The van der Waals surface area contributed by atoms with Crippen molar-refractivity contribution in [2.45, 2.75) is 40.0 Å². The molecule has 0 radical (unpaired) electrons. The van der Waals surface area contributed by atoms with Gasteiger partial charge >= 0.3 is 0 Å². The third-order valence-corrected chi connectivity index (χ3v) is 4.53. The van der Waals surface area contributed by atoms with Crippen LogP contribution in [0, 0.1) is 17.3 Å². The summed E-state index contributed by atoms with van der Waals surface area (Å²) < 4.78 is 5.13. The van der Waals surface area contributed by atoms with Gasteiger partial charge < -0.3 is 10.1 Å². The predicted octanol–water partition coefficient (Wildman–Crippen LogP) is 4.10. The molecule has 0 heterocycles. The molecule has 1 aromatic rings. The summed E-state index contributed by atoms with van der Waals surface area (Å²) in [6.07, 6.45) is 3.49. The maximum atomic E-state index is 12.6. The Morgan fingerprint density at radius 1 is 1.30 bits per heavy atom. The van der Waals surface area contributed by atoms with Gasteiger partial charge in [0.25, 0.3) is 0 Å². The molecule has 1 saturated carbocycles. The molecule has 0 aliphatic heterocycles. The number of methoxy groups -OCH3 is 1. The molecule has 0 aromatic heterocycles. The molecule has 2 rings (SSSR count). The Kier molecular flexibility index (Phi) is 4.36. The lowest BCUT2D eigenvalue weighted by molar-refractivity contribution is -0.127. The number of anilines is 1. The molecule has 1 aliphatic rings. The van der Waals surface area contributed by atoms with Gasteiger partial charge in [0.05, 0.1) is 7.11 Å². The van der Waals surface area contributed by atoms with Gasteiger partial charge in [-0.2, -0.15) is 0 Å². The number of amides is 1. The zero-order valence-electron chi connectivity index (χ0n) is 12.9. The summed E-state index contributed by atoms with van der Waals surface area (Å²) in [5.41, 5.74) is 0.915. The van der Waals surface area contributed by atoms with E-state index >= 15 is 0 Å². The van der Waals surface area contributed by atoms with Gasteiger partial charge in [-0.25, -0.2) is 0 Å². The first-order valence-corrected chi connectivity index (χ1v) is 7.39. The summed E-state index contributed by atoms with van der Waals surface area (Å²) in [5, 5.41) is 3.05. The molecule has 1 amide bonds. The second-order valence-corrected chi connectivity index (χ2v) is 6.55. The Hall–Kier alpha value is -1.51. The quantitative estimate of drug-likeness (QED) is 0.902. The average Bonchev–Trinajstić information content (AvgIpc) is 2.38. The van der Waals surface area contributed by atoms with Gasteiger partial charge in [-0.3, -0.25) is 4.79 Å². The molecule has 20 heavy (non-hydrogen) atoms. The number of hydrogen-bond acceptors (Lipinski definition) is 2. The van der Waals surface area contributed by atoms with Crippen molar-refractivity contribution >= 4 is 11.6 Å². The van der Waals surface area contributed by atoms with Gasteiger partial charge in [0.15, 0.2) is 0 Å². The van der Waals surface area contributed by atoms with Crippen molar-refractivity contribution in [1.29, 1.82) is 0 Å². The van der Waals surface area contributed by atoms with Crippen molar-refractivity contribution in [3.8, 4) is 5.75 Å². The molecule has 1 N–H and O–H groups in total. The van der Waals surface area contributed by atoms with Gasteiger partial charge in [0.2, 0.25) is 5.91 Å². The number of hydrogen-bond donors (Lipinski definition) is 1. The number of rotatable bonds is 3. The van der Waals surface area contributed by atoms with Gasteiger partial charge in [-0.15, -0.1) is 0 Å². The summed E-state index contributed by atoms with van der Waals surface area (Å²) >= 11 is 0. The van der Waals surface area contributed by atoms with Crippen LogP contribution in [-0.2, 0) is 4.79 Å². The van der Waals surface area contributed by atoms with Crippen molar-refractivity contribution < 1.29 is 9.53 Å². The Balaban J connectivity index is 2.09. The van der Waals surface area contributed by atoms with Crippen molar-refractivity contribution in [2.75, 3.05) is 12.4 Å². The van der Waals surface area contributed by atoms with Crippen molar-refractivity contribution in [2.24, 2.45) is 17.3 Å². The smallest absolute Gasteiger partial charge is 0.228 e. The van der Waals surface area contributed by atoms with E-state index in [-0.39, 0.29) is 17.2 Å². The molecule has 1 aromatic carbocycles. The largest absolute Gasteiger partial charge is 0.497 e. The van der Waals surface area contributed by atoms with Crippen LogP contribution in [-0.4, -0.2) is 13.0 Å². The first kappa shape index (κ1) is 14.9. The van der Waals surface area contributed by atoms with Crippen LogP contribution in [0.25, 0.3) is 0 Å². The third kappa shape index (κ3) is 3.14. The highest BCUT2D eigenvalue weighted by Gasteiger charge is 2.41. The second-order valence-electron chi connectivity index (χ2n) is 6.55. The lowest BCUT2D eigenvalue weighted by atomic mass is 9.64. The van der Waals surface area contributed by atoms with Gasteiger partial charge in [-0.1, -0.05) is 27.2 Å². The van der Waals surface area contributed by atoms with Crippen LogP contribution < -0.4 is 10.1 Å². The Labute approximate surface area is 121 Å². The summed E-state index contributed by atoms with van der Waals surface area (Å²) in [7, 11) is 1.64. The molecule has 1 aliphatic carbocycles. The zero-order valence-corrected chi connectivity index (χ0v) is 12.9. The number of nitrogens with one attached hydrogen (secondary N) is 1. The molecular formula is C17H25NO2. The summed E-state index contributed by atoms with van der Waals surface area (Å²) in [4.78, 5) is 12.6. The lowest BCUT2D eigenvalue weighted by Gasteiger charge is -2.41. The molecule has 3 heteroatoms. The molecule has 110 valence electrons. The van der Waals surface area contributed by atoms with E-state index in [0.29, 0.717) is 5.92 Å². The molecule has 0 saturated heterocycles. The maximum Gasteiger partial charge on any atom is 0.228 e. The van der Waals surface area contributed by atoms with E-state index in [4.69, 9.17) is 4.74 Å². The van der Waals surface area contributed by atoms with E-state index in [1.807, 2.05) is 24.3 Å². The average molecular weight is 275 g/mol. The van der Waals surface area contributed by atoms with Gasteiger partial charge in [0, 0.05) is 11.6 Å². The standard InChI is InChI=1S/C17H25NO2/c1-12-6-5-11-17(2,3)15(12)16(19)18-13-7-9-14(20-4)10-8-13/h7-10,12,15H,5-6,11H2,1-4H3,(H,18,19)/t12-,15-/m0/s1. The summed E-state index contributed by atoms with van der Waals surface area (Å²) in [6, 6.07) is 7.50. The summed E-state index contributed by atoms with van der Waals surface area (Å²) in [6.45, 7) is 6.61. The van der Waals surface area contributed by atoms with Crippen LogP contribution in [0.1, 0.15) is 40.0 Å². The SMILES string of the molecule is COc1ccc(NC(=O)[C@@H]2[C@@H](C)CCCC2(C)C)cc1. The fourth-order valence-electron chi connectivity index (χ4n) is 3.48. The van der Waals surface area contributed by atoms with Gasteiger partial charge in [0.1, 0.15) is 5.75 Å².